The van der Waals surface area contributed by atoms with Gasteiger partial charge in [0.15, 0.2) is 0 Å². The number of benzene rings is 2. The van der Waals surface area contributed by atoms with Gasteiger partial charge in [-0.05, 0) is 49.8 Å². The molecule has 0 fully saturated rings. The van der Waals surface area contributed by atoms with E-state index in [-0.39, 0.29) is 12.2 Å². The molecule has 2 aromatic carbocycles. The molecule has 0 radical (unpaired) electrons. The van der Waals surface area contributed by atoms with E-state index in [0.717, 1.165) is 12.8 Å². The maximum atomic E-state index is 12.5. The van der Waals surface area contributed by atoms with Crippen LogP contribution in [0.2, 0.25) is 0 Å². The van der Waals surface area contributed by atoms with Gasteiger partial charge in [0.25, 0.3) is 5.91 Å². The molecule has 2 aromatic rings. The van der Waals surface area contributed by atoms with Crippen LogP contribution in [-0.2, 0) is 9.53 Å². The number of carbonyl (C=O) groups excluding carboxylic acids is 2. The number of nitriles is 1. The highest BCUT2D eigenvalue weighted by Gasteiger charge is 2.12. The number of rotatable bonds is 9. The summed E-state index contributed by atoms with van der Waals surface area (Å²) >= 11 is 0. The molecule has 0 saturated carbocycles. The van der Waals surface area contributed by atoms with Crippen molar-refractivity contribution in [1.82, 2.24) is 0 Å². The third-order valence-electron chi connectivity index (χ3n) is 3.99. The molecule has 0 atom stereocenters. The SMILES string of the molecule is CCCCOc1ccccc1/C=C(\C#N)C(=O)Nc1ccc(C(=O)OCC)cc1. The molecule has 1 amide bonds. The second kappa shape index (κ2) is 11.3. The molecule has 2 rings (SSSR count). The fourth-order valence-electron chi connectivity index (χ4n) is 2.46. The third kappa shape index (κ3) is 6.51. The molecule has 0 aliphatic rings. The highest BCUT2D eigenvalue weighted by Crippen LogP contribution is 2.22. The molecule has 1 N–H and O–H groups in total. The summed E-state index contributed by atoms with van der Waals surface area (Å²) in [6.07, 6.45) is 3.44. The molecular formula is C23H24N2O4. The molecule has 29 heavy (non-hydrogen) atoms. The van der Waals surface area contributed by atoms with Crippen molar-refractivity contribution < 1.29 is 19.1 Å². The molecule has 0 saturated heterocycles. The summed E-state index contributed by atoms with van der Waals surface area (Å²) in [6, 6.07) is 15.5. The van der Waals surface area contributed by atoms with Crippen molar-refractivity contribution in [2.75, 3.05) is 18.5 Å². The monoisotopic (exact) mass is 392 g/mol. The predicted molar refractivity (Wildman–Crippen MR) is 111 cm³/mol. The van der Waals surface area contributed by atoms with Crippen LogP contribution < -0.4 is 10.1 Å². The summed E-state index contributed by atoms with van der Waals surface area (Å²) in [4.78, 5) is 24.2. The summed E-state index contributed by atoms with van der Waals surface area (Å²) in [5.41, 5.74) is 1.47. The summed E-state index contributed by atoms with van der Waals surface area (Å²) in [6.45, 7) is 4.67. The number of nitrogens with one attached hydrogen (secondary N) is 1. The Bertz CT molecular complexity index is 911. The van der Waals surface area contributed by atoms with Gasteiger partial charge in [0, 0.05) is 11.3 Å². The van der Waals surface area contributed by atoms with Crippen molar-refractivity contribution in [2.24, 2.45) is 0 Å². The number of hydrogen-bond donors (Lipinski definition) is 1. The lowest BCUT2D eigenvalue weighted by Gasteiger charge is -2.09. The number of amides is 1. The zero-order chi connectivity index (χ0) is 21.1. The highest BCUT2D eigenvalue weighted by atomic mass is 16.5. The molecule has 6 nitrogen and oxygen atoms in total. The number of ether oxygens (including phenoxy) is 2. The van der Waals surface area contributed by atoms with Crippen molar-refractivity contribution >= 4 is 23.6 Å². The topological polar surface area (TPSA) is 88.4 Å². The number of nitrogens with zero attached hydrogens (tertiary/aromatic N) is 1. The number of unbranched alkanes of at least 4 members (excludes halogenated alkanes) is 1. The van der Waals surface area contributed by atoms with Crippen LogP contribution in [0.25, 0.3) is 6.08 Å². The van der Waals surface area contributed by atoms with E-state index in [1.54, 1.807) is 37.3 Å². The van der Waals surface area contributed by atoms with Gasteiger partial charge in [0.1, 0.15) is 17.4 Å². The Kier molecular flexibility index (Phi) is 8.46. The Morgan fingerprint density at radius 3 is 2.48 bits per heavy atom. The normalized spacial score (nSPS) is 10.7. The van der Waals surface area contributed by atoms with E-state index >= 15 is 0 Å². The standard InChI is InChI=1S/C23H24N2O4/c1-3-5-14-29-21-9-7-6-8-18(21)15-19(16-24)22(26)25-20-12-10-17(11-13-20)23(27)28-4-2/h6-13,15H,3-5,14H2,1-2H3,(H,25,26)/b19-15+. The van der Waals surface area contributed by atoms with E-state index in [9.17, 15) is 14.9 Å². The first-order valence-corrected chi connectivity index (χ1v) is 9.51. The predicted octanol–water partition coefficient (Wildman–Crippen LogP) is 4.59. The van der Waals surface area contributed by atoms with Gasteiger partial charge >= 0.3 is 5.97 Å². The lowest BCUT2D eigenvalue weighted by atomic mass is 10.1. The van der Waals surface area contributed by atoms with Gasteiger partial charge in [-0.1, -0.05) is 31.5 Å². The van der Waals surface area contributed by atoms with Crippen molar-refractivity contribution in [3.63, 3.8) is 0 Å². The minimum atomic E-state index is -0.542. The fraction of sp³-hybridized carbons (Fsp3) is 0.261. The second-order valence-electron chi connectivity index (χ2n) is 6.16. The van der Waals surface area contributed by atoms with Gasteiger partial charge in [-0.2, -0.15) is 5.26 Å². The van der Waals surface area contributed by atoms with Crippen molar-refractivity contribution in [3.8, 4) is 11.8 Å². The van der Waals surface area contributed by atoms with Gasteiger partial charge in [-0.3, -0.25) is 4.79 Å². The number of para-hydroxylation sites is 1. The maximum absolute atomic E-state index is 12.5. The van der Waals surface area contributed by atoms with Crippen LogP contribution in [0.15, 0.2) is 54.1 Å². The average Bonchev–Trinajstić information content (AvgIpc) is 2.73. The van der Waals surface area contributed by atoms with Gasteiger partial charge in [-0.25, -0.2) is 4.79 Å². The van der Waals surface area contributed by atoms with Crippen LogP contribution in [0.5, 0.6) is 5.75 Å². The Morgan fingerprint density at radius 2 is 1.83 bits per heavy atom. The van der Waals surface area contributed by atoms with Crippen molar-refractivity contribution in [1.29, 1.82) is 5.26 Å². The van der Waals surface area contributed by atoms with Crippen LogP contribution in [0.1, 0.15) is 42.6 Å². The summed E-state index contributed by atoms with van der Waals surface area (Å²) in [7, 11) is 0. The van der Waals surface area contributed by atoms with E-state index in [1.807, 2.05) is 24.3 Å². The van der Waals surface area contributed by atoms with Gasteiger partial charge in [0.05, 0.1) is 18.8 Å². The highest BCUT2D eigenvalue weighted by molar-refractivity contribution is 6.10. The van der Waals surface area contributed by atoms with E-state index < -0.39 is 11.9 Å². The Hall–Kier alpha value is -3.59. The lowest BCUT2D eigenvalue weighted by molar-refractivity contribution is -0.112. The Morgan fingerprint density at radius 1 is 1.10 bits per heavy atom. The van der Waals surface area contributed by atoms with Gasteiger partial charge in [-0.15, -0.1) is 0 Å². The zero-order valence-electron chi connectivity index (χ0n) is 16.6. The zero-order valence-corrected chi connectivity index (χ0v) is 16.6. The fourth-order valence-corrected chi connectivity index (χ4v) is 2.46. The molecule has 0 heterocycles. The first-order chi connectivity index (χ1) is 14.1. The molecule has 0 unspecified atom stereocenters. The van der Waals surface area contributed by atoms with Gasteiger partial charge < -0.3 is 14.8 Å². The minimum Gasteiger partial charge on any atom is -0.493 e. The molecule has 0 spiro atoms. The lowest BCUT2D eigenvalue weighted by Crippen LogP contribution is -2.14. The first-order valence-electron chi connectivity index (χ1n) is 9.51. The molecule has 0 aliphatic carbocycles. The molecule has 0 aliphatic heterocycles. The first kappa shape index (κ1) is 21.7. The number of carbonyl (C=O) groups is 2. The van der Waals surface area contributed by atoms with E-state index in [2.05, 4.69) is 12.2 Å². The van der Waals surface area contributed by atoms with E-state index in [1.165, 1.54) is 6.08 Å². The molecule has 0 aromatic heterocycles. The summed E-state index contributed by atoms with van der Waals surface area (Å²) in [5, 5.41) is 12.1. The van der Waals surface area contributed by atoms with Crippen LogP contribution >= 0.6 is 0 Å². The Labute approximate surface area is 170 Å². The third-order valence-corrected chi connectivity index (χ3v) is 3.99. The van der Waals surface area contributed by atoms with Crippen molar-refractivity contribution in [2.45, 2.75) is 26.7 Å². The van der Waals surface area contributed by atoms with Crippen LogP contribution in [0.3, 0.4) is 0 Å². The average molecular weight is 392 g/mol. The largest absolute Gasteiger partial charge is 0.493 e. The molecule has 150 valence electrons. The smallest absolute Gasteiger partial charge is 0.338 e. The maximum Gasteiger partial charge on any atom is 0.338 e. The van der Waals surface area contributed by atoms with Crippen molar-refractivity contribution in [3.05, 3.63) is 65.2 Å². The van der Waals surface area contributed by atoms with Crippen LogP contribution in [-0.4, -0.2) is 25.1 Å². The quantitative estimate of drug-likeness (QED) is 0.292. The summed E-state index contributed by atoms with van der Waals surface area (Å²) in [5.74, 6) is -0.345. The number of esters is 1. The summed E-state index contributed by atoms with van der Waals surface area (Å²) < 4.78 is 10.7. The number of anilines is 1. The molecular weight excluding hydrogens is 368 g/mol. The number of hydrogen-bond acceptors (Lipinski definition) is 5. The minimum absolute atomic E-state index is 0.0500. The van der Waals surface area contributed by atoms with Gasteiger partial charge in [0.2, 0.25) is 0 Å². The second-order valence-corrected chi connectivity index (χ2v) is 6.16. The molecule has 0 bridgehead atoms. The Balaban J connectivity index is 2.13. The van der Waals surface area contributed by atoms with Crippen LogP contribution in [0, 0.1) is 11.3 Å². The van der Waals surface area contributed by atoms with Crippen LogP contribution in [0.4, 0.5) is 5.69 Å². The molecule has 6 heteroatoms. The van der Waals surface area contributed by atoms with E-state index in [4.69, 9.17) is 9.47 Å². The van der Waals surface area contributed by atoms with E-state index in [0.29, 0.717) is 29.2 Å².